The molecular weight excluding hydrogens is 293 g/mol. The zero-order valence-electron chi connectivity index (χ0n) is 11.3. The molecule has 2 aromatic rings. The van der Waals surface area contributed by atoms with Crippen molar-refractivity contribution in [2.75, 3.05) is 5.32 Å². The van der Waals surface area contributed by atoms with Crippen LogP contribution in [0.1, 0.15) is 16.7 Å². The van der Waals surface area contributed by atoms with Crippen LogP contribution in [0.15, 0.2) is 36.4 Å². The third kappa shape index (κ3) is 3.99. The van der Waals surface area contributed by atoms with Gasteiger partial charge in [0, 0.05) is 15.7 Å². The van der Waals surface area contributed by atoms with E-state index in [2.05, 4.69) is 5.32 Å². The number of halogens is 2. The predicted octanol–water partition coefficient (Wildman–Crippen LogP) is 4.79. The molecule has 0 heterocycles. The van der Waals surface area contributed by atoms with Crippen LogP contribution in [0, 0.1) is 13.8 Å². The number of carbonyl (C=O) groups is 1. The molecule has 0 aliphatic heterocycles. The van der Waals surface area contributed by atoms with E-state index in [0.717, 1.165) is 16.7 Å². The average molecular weight is 308 g/mol. The maximum absolute atomic E-state index is 12.1. The summed E-state index contributed by atoms with van der Waals surface area (Å²) in [5.74, 6) is -0.0861. The topological polar surface area (TPSA) is 29.1 Å². The summed E-state index contributed by atoms with van der Waals surface area (Å²) in [6.45, 7) is 4.01. The van der Waals surface area contributed by atoms with Crippen molar-refractivity contribution in [3.8, 4) is 0 Å². The molecule has 0 aliphatic rings. The van der Waals surface area contributed by atoms with Gasteiger partial charge < -0.3 is 5.32 Å². The monoisotopic (exact) mass is 307 g/mol. The van der Waals surface area contributed by atoms with Crippen molar-refractivity contribution >= 4 is 34.8 Å². The molecule has 0 aromatic heterocycles. The Morgan fingerprint density at radius 3 is 2.35 bits per heavy atom. The predicted molar refractivity (Wildman–Crippen MR) is 84.7 cm³/mol. The molecule has 2 aromatic carbocycles. The van der Waals surface area contributed by atoms with Crippen LogP contribution in [0.3, 0.4) is 0 Å². The largest absolute Gasteiger partial charge is 0.326 e. The number of rotatable bonds is 3. The summed E-state index contributed by atoms with van der Waals surface area (Å²) < 4.78 is 0. The van der Waals surface area contributed by atoms with Gasteiger partial charge in [0.1, 0.15) is 0 Å². The van der Waals surface area contributed by atoms with Gasteiger partial charge in [0.05, 0.1) is 6.42 Å². The van der Waals surface area contributed by atoms with Crippen LogP contribution in [0.4, 0.5) is 5.69 Å². The van der Waals surface area contributed by atoms with E-state index in [4.69, 9.17) is 23.2 Å². The molecule has 0 fully saturated rings. The standard InChI is InChI=1S/C16H15Cl2NO/c1-10-3-4-11(2)12(5-10)6-16(20)19-15-8-13(17)7-14(18)9-15/h3-5,7-9H,6H2,1-2H3,(H,19,20). The maximum atomic E-state index is 12.1. The van der Waals surface area contributed by atoms with Gasteiger partial charge >= 0.3 is 0 Å². The first-order valence-corrected chi connectivity index (χ1v) is 7.02. The van der Waals surface area contributed by atoms with E-state index >= 15 is 0 Å². The minimum absolute atomic E-state index is 0.0861. The lowest BCUT2D eigenvalue weighted by molar-refractivity contribution is -0.115. The number of benzene rings is 2. The summed E-state index contributed by atoms with van der Waals surface area (Å²) in [5.41, 5.74) is 3.88. The molecule has 0 atom stereocenters. The highest BCUT2D eigenvalue weighted by atomic mass is 35.5. The Labute approximate surface area is 128 Å². The van der Waals surface area contributed by atoms with Crippen molar-refractivity contribution in [2.45, 2.75) is 20.3 Å². The van der Waals surface area contributed by atoms with E-state index in [9.17, 15) is 4.79 Å². The number of nitrogens with one attached hydrogen (secondary N) is 1. The Morgan fingerprint density at radius 1 is 1.05 bits per heavy atom. The second-order valence-corrected chi connectivity index (χ2v) is 5.69. The molecule has 0 bridgehead atoms. The van der Waals surface area contributed by atoms with Crippen molar-refractivity contribution in [1.29, 1.82) is 0 Å². The first-order valence-electron chi connectivity index (χ1n) is 6.26. The molecule has 0 aliphatic carbocycles. The molecule has 104 valence electrons. The summed E-state index contributed by atoms with van der Waals surface area (Å²) in [4.78, 5) is 12.1. The van der Waals surface area contributed by atoms with Crippen LogP contribution in [0.25, 0.3) is 0 Å². The quantitative estimate of drug-likeness (QED) is 0.867. The summed E-state index contributed by atoms with van der Waals surface area (Å²) in [5, 5.41) is 3.81. The highest BCUT2D eigenvalue weighted by molar-refractivity contribution is 6.35. The molecule has 0 saturated heterocycles. The first kappa shape index (κ1) is 14.9. The van der Waals surface area contributed by atoms with Gasteiger partial charge in [-0.2, -0.15) is 0 Å². The van der Waals surface area contributed by atoms with Gasteiger partial charge in [-0.1, -0.05) is 47.0 Å². The number of amides is 1. The molecule has 0 saturated carbocycles. The molecule has 0 radical (unpaired) electrons. The number of carbonyl (C=O) groups excluding carboxylic acids is 1. The van der Waals surface area contributed by atoms with Crippen molar-refractivity contribution in [3.05, 3.63) is 63.1 Å². The Kier molecular flexibility index (Phi) is 4.69. The van der Waals surface area contributed by atoms with Gasteiger partial charge in [0.25, 0.3) is 0 Å². The van der Waals surface area contributed by atoms with Crippen LogP contribution >= 0.6 is 23.2 Å². The van der Waals surface area contributed by atoms with E-state index in [0.29, 0.717) is 22.2 Å². The van der Waals surface area contributed by atoms with E-state index in [-0.39, 0.29) is 5.91 Å². The lowest BCUT2D eigenvalue weighted by atomic mass is 10.0. The Hall–Kier alpha value is -1.51. The number of aryl methyl sites for hydroxylation is 2. The van der Waals surface area contributed by atoms with E-state index in [1.807, 2.05) is 32.0 Å². The van der Waals surface area contributed by atoms with Gasteiger partial charge in [0.15, 0.2) is 0 Å². The Morgan fingerprint density at radius 2 is 1.70 bits per heavy atom. The highest BCUT2D eigenvalue weighted by Crippen LogP contribution is 2.22. The molecule has 20 heavy (non-hydrogen) atoms. The lowest BCUT2D eigenvalue weighted by Gasteiger charge is -2.09. The molecule has 0 spiro atoms. The zero-order chi connectivity index (χ0) is 14.7. The van der Waals surface area contributed by atoms with E-state index in [1.165, 1.54) is 0 Å². The molecule has 2 rings (SSSR count). The number of anilines is 1. The molecule has 2 nitrogen and oxygen atoms in total. The summed E-state index contributed by atoms with van der Waals surface area (Å²) in [6.07, 6.45) is 0.331. The zero-order valence-corrected chi connectivity index (χ0v) is 12.8. The number of hydrogen-bond donors (Lipinski definition) is 1. The average Bonchev–Trinajstić information content (AvgIpc) is 2.32. The van der Waals surface area contributed by atoms with Crippen LogP contribution in [0.2, 0.25) is 10.0 Å². The van der Waals surface area contributed by atoms with Crippen LogP contribution in [-0.4, -0.2) is 5.91 Å². The van der Waals surface area contributed by atoms with E-state index in [1.54, 1.807) is 18.2 Å². The van der Waals surface area contributed by atoms with Crippen LogP contribution < -0.4 is 5.32 Å². The minimum atomic E-state index is -0.0861. The van der Waals surface area contributed by atoms with Gasteiger partial charge in [-0.3, -0.25) is 4.79 Å². The fourth-order valence-electron chi connectivity index (χ4n) is 1.99. The van der Waals surface area contributed by atoms with E-state index < -0.39 is 0 Å². The lowest BCUT2D eigenvalue weighted by Crippen LogP contribution is -2.15. The fourth-order valence-corrected chi connectivity index (χ4v) is 2.52. The molecular formula is C16H15Cl2NO. The van der Waals surface area contributed by atoms with Gasteiger partial charge in [-0.15, -0.1) is 0 Å². The molecule has 4 heteroatoms. The SMILES string of the molecule is Cc1ccc(C)c(CC(=O)Nc2cc(Cl)cc(Cl)c2)c1. The fraction of sp³-hybridized carbons (Fsp3) is 0.188. The van der Waals surface area contributed by atoms with Crippen molar-refractivity contribution < 1.29 is 4.79 Å². The minimum Gasteiger partial charge on any atom is -0.326 e. The third-order valence-electron chi connectivity index (χ3n) is 3.00. The first-order chi connectivity index (χ1) is 9.44. The van der Waals surface area contributed by atoms with Gasteiger partial charge in [0.2, 0.25) is 5.91 Å². The summed E-state index contributed by atoms with van der Waals surface area (Å²) in [7, 11) is 0. The maximum Gasteiger partial charge on any atom is 0.228 e. The summed E-state index contributed by atoms with van der Waals surface area (Å²) in [6, 6.07) is 11.1. The molecule has 0 unspecified atom stereocenters. The molecule has 1 N–H and O–H groups in total. The molecule has 1 amide bonds. The second-order valence-electron chi connectivity index (χ2n) is 4.81. The van der Waals surface area contributed by atoms with Crippen LogP contribution in [-0.2, 0) is 11.2 Å². The van der Waals surface area contributed by atoms with Crippen molar-refractivity contribution in [1.82, 2.24) is 0 Å². The third-order valence-corrected chi connectivity index (χ3v) is 3.44. The normalized spacial score (nSPS) is 10.4. The van der Waals surface area contributed by atoms with Crippen molar-refractivity contribution in [3.63, 3.8) is 0 Å². The van der Waals surface area contributed by atoms with Gasteiger partial charge in [-0.05, 0) is 43.2 Å². The summed E-state index contributed by atoms with van der Waals surface area (Å²) >= 11 is 11.8. The van der Waals surface area contributed by atoms with Crippen LogP contribution in [0.5, 0.6) is 0 Å². The second kappa shape index (κ2) is 6.29. The Balaban J connectivity index is 2.11. The smallest absolute Gasteiger partial charge is 0.228 e. The Bertz CT molecular complexity index is 633. The highest BCUT2D eigenvalue weighted by Gasteiger charge is 2.08. The number of hydrogen-bond acceptors (Lipinski definition) is 1. The van der Waals surface area contributed by atoms with Gasteiger partial charge in [-0.25, -0.2) is 0 Å². The van der Waals surface area contributed by atoms with Crippen molar-refractivity contribution in [2.24, 2.45) is 0 Å².